The smallest absolute Gasteiger partial charge is 0.342 e. The molecule has 0 radical (unpaired) electrons. The molecule has 0 amide bonds. The van der Waals surface area contributed by atoms with Gasteiger partial charge in [0.1, 0.15) is 5.69 Å². The van der Waals surface area contributed by atoms with Crippen molar-refractivity contribution in [3.8, 4) is 0 Å². The van der Waals surface area contributed by atoms with Gasteiger partial charge in [-0.1, -0.05) is 19.9 Å². The van der Waals surface area contributed by atoms with E-state index in [-0.39, 0.29) is 11.4 Å². The van der Waals surface area contributed by atoms with E-state index in [0.29, 0.717) is 12.0 Å². The monoisotopic (exact) mass is 440 g/mol. The summed E-state index contributed by atoms with van der Waals surface area (Å²) in [4.78, 5) is 8.18. The summed E-state index contributed by atoms with van der Waals surface area (Å²) in [5.74, 6) is 0.762. The van der Waals surface area contributed by atoms with Crippen molar-refractivity contribution in [2.75, 3.05) is 6.54 Å². The van der Waals surface area contributed by atoms with Crippen molar-refractivity contribution in [2.24, 2.45) is 5.92 Å². The minimum atomic E-state index is -4.54. The third kappa shape index (κ3) is 4.25. The highest BCUT2D eigenvalue weighted by atomic mass is 35.5. The molecule has 1 atom stereocenters. The molecule has 1 aliphatic rings. The predicted molar refractivity (Wildman–Crippen MR) is 109 cm³/mol. The minimum absolute atomic E-state index is 0.253. The van der Waals surface area contributed by atoms with E-state index in [1.54, 1.807) is 0 Å². The fourth-order valence-corrected chi connectivity index (χ4v) is 4.73. The number of thioether (sulfide) groups is 1. The van der Waals surface area contributed by atoms with E-state index in [2.05, 4.69) is 51.9 Å². The van der Waals surface area contributed by atoms with Crippen molar-refractivity contribution in [1.29, 1.82) is 0 Å². The second-order valence-electron chi connectivity index (χ2n) is 7.42. The second kappa shape index (κ2) is 7.81. The normalized spacial score (nSPS) is 17.1. The summed E-state index contributed by atoms with van der Waals surface area (Å²) in [6, 6.07) is 9.64. The lowest BCUT2D eigenvalue weighted by molar-refractivity contribution is -0.141. The lowest BCUT2D eigenvalue weighted by Gasteiger charge is -2.29. The van der Waals surface area contributed by atoms with Crippen molar-refractivity contribution in [2.45, 2.75) is 43.3 Å². The number of hydrogen-bond acceptors (Lipinski definition) is 4. The van der Waals surface area contributed by atoms with E-state index in [9.17, 15) is 13.2 Å². The molecule has 1 N–H and O–H groups in total. The van der Waals surface area contributed by atoms with Gasteiger partial charge in [-0.3, -0.25) is 0 Å². The van der Waals surface area contributed by atoms with Gasteiger partial charge in [0.15, 0.2) is 0 Å². The molecule has 0 fully saturated rings. The summed E-state index contributed by atoms with van der Waals surface area (Å²) in [5, 5.41) is 4.35. The van der Waals surface area contributed by atoms with Crippen LogP contribution in [0.4, 0.5) is 13.2 Å². The van der Waals surface area contributed by atoms with Crippen LogP contribution in [0, 0.1) is 5.92 Å². The maximum Gasteiger partial charge on any atom is 0.433 e. The van der Waals surface area contributed by atoms with Crippen molar-refractivity contribution < 1.29 is 13.2 Å². The van der Waals surface area contributed by atoms with Crippen LogP contribution in [0.25, 0.3) is 10.9 Å². The van der Waals surface area contributed by atoms with Crippen LogP contribution in [0.5, 0.6) is 0 Å². The summed E-state index contributed by atoms with van der Waals surface area (Å²) in [6.07, 6.45) is -4.54. The molecule has 1 aromatic carbocycles. The SMILES string of the molecule is CC(C)C1NCCn2c1cc1ccc(SCc3cc(C(F)(F)F)nc(Cl)n3)cc12. The number of nitrogens with one attached hydrogen (secondary N) is 1. The van der Waals surface area contributed by atoms with E-state index < -0.39 is 17.2 Å². The summed E-state index contributed by atoms with van der Waals surface area (Å²) < 4.78 is 41.1. The number of benzene rings is 1. The van der Waals surface area contributed by atoms with Crippen LogP contribution in [-0.4, -0.2) is 21.1 Å². The van der Waals surface area contributed by atoms with E-state index in [4.69, 9.17) is 11.6 Å². The van der Waals surface area contributed by atoms with Crippen LogP contribution in [0.2, 0.25) is 5.28 Å². The molecule has 3 heterocycles. The van der Waals surface area contributed by atoms with E-state index in [1.807, 2.05) is 6.07 Å². The highest BCUT2D eigenvalue weighted by molar-refractivity contribution is 7.98. The molecule has 2 aromatic heterocycles. The number of nitrogens with zero attached hydrogens (tertiary/aromatic N) is 3. The second-order valence-corrected chi connectivity index (χ2v) is 8.80. The molecule has 4 rings (SSSR count). The summed E-state index contributed by atoms with van der Waals surface area (Å²) in [7, 11) is 0. The molecule has 154 valence electrons. The molecule has 29 heavy (non-hydrogen) atoms. The maximum absolute atomic E-state index is 12.9. The number of alkyl halides is 3. The van der Waals surface area contributed by atoms with Crippen molar-refractivity contribution in [3.05, 3.63) is 52.7 Å². The Hall–Kier alpha value is -1.77. The van der Waals surface area contributed by atoms with Gasteiger partial charge in [-0.15, -0.1) is 11.8 Å². The molecule has 1 unspecified atom stereocenters. The third-order valence-corrected chi connectivity index (χ3v) is 6.22. The Kier molecular flexibility index (Phi) is 5.52. The molecule has 0 saturated carbocycles. The highest BCUT2D eigenvalue weighted by Gasteiger charge is 2.33. The van der Waals surface area contributed by atoms with Gasteiger partial charge in [0, 0.05) is 41.0 Å². The maximum atomic E-state index is 12.9. The highest BCUT2D eigenvalue weighted by Crippen LogP contribution is 2.34. The lowest BCUT2D eigenvalue weighted by atomic mass is 9.99. The van der Waals surface area contributed by atoms with Gasteiger partial charge >= 0.3 is 6.18 Å². The standard InChI is InChI=1S/C20H20ClF3N4S/c1-11(2)18-16-7-12-3-4-14(9-15(12)28(16)6-5-25-18)29-10-13-8-17(20(22,23)24)27-19(21)26-13/h3-4,7-9,11,18,25H,5-6,10H2,1-2H3. The van der Waals surface area contributed by atoms with E-state index >= 15 is 0 Å². The Bertz CT molecular complexity index is 1050. The number of hydrogen-bond donors (Lipinski definition) is 1. The van der Waals surface area contributed by atoms with Crippen LogP contribution < -0.4 is 5.32 Å². The minimum Gasteiger partial charge on any atom is -0.342 e. The molecule has 0 saturated heterocycles. The molecule has 9 heteroatoms. The molecule has 0 spiro atoms. The predicted octanol–water partition coefficient (Wildman–Crippen LogP) is 5.70. The van der Waals surface area contributed by atoms with Gasteiger partial charge in [0.05, 0.1) is 5.69 Å². The molecule has 3 aromatic rings. The Labute approximate surface area is 175 Å². The first-order valence-corrected chi connectivity index (χ1v) is 10.7. The van der Waals surface area contributed by atoms with Crippen molar-refractivity contribution in [1.82, 2.24) is 19.9 Å². The largest absolute Gasteiger partial charge is 0.433 e. The van der Waals surface area contributed by atoms with Gasteiger partial charge in [-0.25, -0.2) is 9.97 Å². The molecular weight excluding hydrogens is 421 g/mol. The van der Waals surface area contributed by atoms with E-state index in [1.165, 1.54) is 22.8 Å². The number of rotatable bonds is 4. The topological polar surface area (TPSA) is 42.7 Å². The van der Waals surface area contributed by atoms with Gasteiger partial charge in [0.2, 0.25) is 5.28 Å². The molecular formula is C20H20ClF3N4S. The van der Waals surface area contributed by atoms with Gasteiger partial charge in [0.25, 0.3) is 0 Å². The Morgan fingerprint density at radius 1 is 1.24 bits per heavy atom. The van der Waals surface area contributed by atoms with Crippen LogP contribution in [-0.2, 0) is 18.5 Å². The number of fused-ring (bicyclic) bond motifs is 3. The number of aromatic nitrogens is 3. The third-order valence-electron chi connectivity index (χ3n) is 5.02. The summed E-state index contributed by atoms with van der Waals surface area (Å²) >= 11 is 7.11. The molecule has 0 aliphatic carbocycles. The first-order chi connectivity index (χ1) is 13.7. The van der Waals surface area contributed by atoms with Crippen LogP contribution in [0.3, 0.4) is 0 Å². The first-order valence-electron chi connectivity index (χ1n) is 9.32. The zero-order valence-corrected chi connectivity index (χ0v) is 17.5. The van der Waals surface area contributed by atoms with Gasteiger partial charge < -0.3 is 9.88 Å². The van der Waals surface area contributed by atoms with Crippen LogP contribution in [0.1, 0.15) is 37.0 Å². The summed E-state index contributed by atoms with van der Waals surface area (Å²) in [6.45, 7) is 6.21. The van der Waals surface area contributed by atoms with Crippen molar-refractivity contribution in [3.63, 3.8) is 0 Å². The molecule has 4 nitrogen and oxygen atoms in total. The summed E-state index contributed by atoms with van der Waals surface area (Å²) in [5.41, 5.74) is 1.66. The molecule has 0 bridgehead atoms. The zero-order valence-electron chi connectivity index (χ0n) is 15.9. The molecule has 1 aliphatic heterocycles. The first kappa shape index (κ1) is 20.5. The van der Waals surface area contributed by atoms with Crippen LogP contribution >= 0.6 is 23.4 Å². The lowest BCUT2D eigenvalue weighted by Crippen LogP contribution is -2.35. The quantitative estimate of drug-likeness (QED) is 0.417. The fourth-order valence-electron chi connectivity index (χ4n) is 3.71. The van der Waals surface area contributed by atoms with Crippen LogP contribution in [0.15, 0.2) is 35.2 Å². The Morgan fingerprint density at radius 2 is 2.03 bits per heavy atom. The van der Waals surface area contributed by atoms with Gasteiger partial charge in [-0.2, -0.15) is 13.2 Å². The van der Waals surface area contributed by atoms with E-state index in [0.717, 1.165) is 29.6 Å². The zero-order chi connectivity index (χ0) is 20.8. The Morgan fingerprint density at radius 3 is 2.76 bits per heavy atom. The average molecular weight is 441 g/mol. The van der Waals surface area contributed by atoms with Crippen molar-refractivity contribution >= 4 is 34.3 Å². The number of halogens is 4. The Balaban J connectivity index is 1.59. The fraction of sp³-hybridized carbons (Fsp3) is 0.400. The average Bonchev–Trinajstić information content (AvgIpc) is 3.03. The van der Waals surface area contributed by atoms with Gasteiger partial charge in [-0.05, 0) is 47.2 Å².